The fourth-order valence-corrected chi connectivity index (χ4v) is 1.19. The fraction of sp³-hybridized carbons (Fsp3) is 0.800. The third kappa shape index (κ3) is 7.56. The lowest BCUT2D eigenvalue weighted by molar-refractivity contribution is -0.118. The molecule has 0 bridgehead atoms. The van der Waals surface area contributed by atoms with Crippen LogP contribution in [0.15, 0.2) is 0 Å². The molecule has 0 rings (SSSR count). The molecule has 4 heteroatoms. The lowest BCUT2D eigenvalue weighted by atomic mass is 10.2. The topological polar surface area (TPSA) is 70.1 Å². The summed E-state index contributed by atoms with van der Waals surface area (Å²) in [7, 11) is 0. The van der Waals surface area contributed by atoms with E-state index in [0.717, 1.165) is 25.9 Å². The zero-order chi connectivity index (χ0) is 10.8. The van der Waals surface area contributed by atoms with Gasteiger partial charge in [0, 0.05) is 25.9 Å². The maximum Gasteiger partial charge on any atom is 0.218 e. The molecule has 0 saturated heterocycles. The highest BCUT2D eigenvalue weighted by Gasteiger charge is 2.05. The summed E-state index contributed by atoms with van der Waals surface area (Å²) in [6.45, 7) is 4.49. The van der Waals surface area contributed by atoms with Crippen molar-refractivity contribution in [2.24, 2.45) is 5.73 Å². The molecule has 0 atom stereocenters. The fourth-order valence-electron chi connectivity index (χ4n) is 1.19. The van der Waals surface area contributed by atoms with Crippen LogP contribution in [0.4, 0.5) is 0 Å². The first kappa shape index (κ1) is 12.9. The van der Waals surface area contributed by atoms with Gasteiger partial charge in [-0.2, -0.15) is 5.26 Å². The smallest absolute Gasteiger partial charge is 0.218 e. The highest BCUT2D eigenvalue weighted by atomic mass is 16.1. The molecule has 1 amide bonds. The number of carbonyl (C=O) groups excluding carboxylic acids is 1. The van der Waals surface area contributed by atoms with E-state index in [-0.39, 0.29) is 5.91 Å². The Hall–Kier alpha value is -1.08. The van der Waals surface area contributed by atoms with Crippen LogP contribution in [0.25, 0.3) is 0 Å². The number of primary amides is 1. The van der Waals surface area contributed by atoms with Gasteiger partial charge in [0.1, 0.15) is 0 Å². The second-order valence-corrected chi connectivity index (χ2v) is 3.32. The molecular weight excluding hydrogens is 178 g/mol. The molecule has 2 N–H and O–H groups in total. The van der Waals surface area contributed by atoms with Crippen LogP contribution in [0.1, 0.15) is 32.6 Å². The third-order valence-electron chi connectivity index (χ3n) is 2.04. The summed E-state index contributed by atoms with van der Waals surface area (Å²) < 4.78 is 0. The molecule has 0 aromatic rings. The Kier molecular flexibility index (Phi) is 7.86. The number of rotatable bonds is 8. The average molecular weight is 197 g/mol. The van der Waals surface area contributed by atoms with E-state index in [1.807, 2.05) is 0 Å². The van der Waals surface area contributed by atoms with Gasteiger partial charge < -0.3 is 10.6 Å². The molecule has 0 saturated carbocycles. The third-order valence-corrected chi connectivity index (χ3v) is 2.04. The van der Waals surface area contributed by atoms with Crippen LogP contribution in [0.3, 0.4) is 0 Å². The van der Waals surface area contributed by atoms with E-state index in [1.165, 1.54) is 0 Å². The van der Waals surface area contributed by atoms with Gasteiger partial charge in [0.2, 0.25) is 5.91 Å². The summed E-state index contributed by atoms with van der Waals surface area (Å²) in [6, 6.07) is 2.10. The zero-order valence-corrected chi connectivity index (χ0v) is 8.83. The van der Waals surface area contributed by atoms with Crippen LogP contribution >= 0.6 is 0 Å². The Balaban J connectivity index is 3.72. The Morgan fingerprint density at radius 3 is 2.64 bits per heavy atom. The van der Waals surface area contributed by atoms with Gasteiger partial charge in [-0.05, 0) is 13.0 Å². The number of nitriles is 1. The van der Waals surface area contributed by atoms with Crippen LogP contribution in [-0.2, 0) is 4.79 Å². The molecular formula is C10H19N3O. The SMILES string of the molecule is CCCCN(CCC#N)CCC(N)=O. The van der Waals surface area contributed by atoms with Gasteiger partial charge in [-0.3, -0.25) is 4.79 Å². The van der Waals surface area contributed by atoms with Crippen molar-refractivity contribution < 1.29 is 4.79 Å². The minimum atomic E-state index is -0.275. The molecule has 0 aliphatic rings. The summed E-state index contributed by atoms with van der Waals surface area (Å²) in [5, 5.41) is 8.45. The first-order valence-electron chi connectivity index (χ1n) is 5.08. The molecule has 0 spiro atoms. The van der Waals surface area contributed by atoms with E-state index in [2.05, 4.69) is 17.9 Å². The maximum absolute atomic E-state index is 10.6. The first-order valence-corrected chi connectivity index (χ1v) is 5.08. The molecule has 0 aliphatic heterocycles. The van der Waals surface area contributed by atoms with Crippen molar-refractivity contribution >= 4 is 5.91 Å². The molecule has 0 unspecified atom stereocenters. The summed E-state index contributed by atoms with van der Waals surface area (Å²) in [5.74, 6) is -0.275. The first-order chi connectivity index (χ1) is 6.70. The largest absolute Gasteiger partial charge is 0.370 e. The predicted octanol–water partition coefficient (Wildman–Crippen LogP) is 0.878. The Labute approximate surface area is 85.7 Å². The minimum absolute atomic E-state index is 0.275. The zero-order valence-electron chi connectivity index (χ0n) is 8.83. The molecule has 0 heterocycles. The van der Waals surface area contributed by atoms with Crippen molar-refractivity contribution in [2.45, 2.75) is 32.6 Å². The number of hydrogen-bond acceptors (Lipinski definition) is 3. The Morgan fingerprint density at radius 1 is 1.43 bits per heavy atom. The number of nitrogens with two attached hydrogens (primary N) is 1. The van der Waals surface area contributed by atoms with E-state index in [4.69, 9.17) is 11.0 Å². The molecule has 0 aliphatic carbocycles. The van der Waals surface area contributed by atoms with Crippen molar-refractivity contribution in [1.29, 1.82) is 5.26 Å². The number of nitrogens with zero attached hydrogens (tertiary/aromatic N) is 2. The van der Waals surface area contributed by atoms with E-state index in [0.29, 0.717) is 19.4 Å². The molecule has 0 fully saturated rings. The van der Waals surface area contributed by atoms with Crippen molar-refractivity contribution in [3.05, 3.63) is 0 Å². The van der Waals surface area contributed by atoms with Crippen LogP contribution in [0.2, 0.25) is 0 Å². The van der Waals surface area contributed by atoms with E-state index in [1.54, 1.807) is 0 Å². The van der Waals surface area contributed by atoms with Gasteiger partial charge in [-0.25, -0.2) is 0 Å². The molecule has 0 radical (unpaired) electrons. The number of amides is 1. The average Bonchev–Trinajstić information content (AvgIpc) is 2.16. The van der Waals surface area contributed by atoms with Gasteiger partial charge in [-0.15, -0.1) is 0 Å². The Morgan fingerprint density at radius 2 is 2.14 bits per heavy atom. The lowest BCUT2D eigenvalue weighted by Crippen LogP contribution is -2.30. The van der Waals surface area contributed by atoms with E-state index < -0.39 is 0 Å². The molecule has 0 aromatic heterocycles. The van der Waals surface area contributed by atoms with Crippen molar-refractivity contribution in [2.75, 3.05) is 19.6 Å². The quantitative estimate of drug-likeness (QED) is 0.628. The summed E-state index contributed by atoms with van der Waals surface area (Å²) >= 11 is 0. The summed E-state index contributed by atoms with van der Waals surface area (Å²) in [4.78, 5) is 12.7. The second kappa shape index (κ2) is 8.52. The molecule has 4 nitrogen and oxygen atoms in total. The van der Waals surface area contributed by atoms with E-state index >= 15 is 0 Å². The minimum Gasteiger partial charge on any atom is -0.370 e. The van der Waals surface area contributed by atoms with Crippen LogP contribution in [0.5, 0.6) is 0 Å². The standard InChI is InChI=1S/C10H19N3O/c1-2-3-7-13(8-4-6-11)9-5-10(12)14/h2-5,7-9H2,1H3,(H2,12,14). The number of unbranched alkanes of at least 4 members (excludes halogenated alkanes) is 1. The highest BCUT2D eigenvalue weighted by molar-refractivity contribution is 5.73. The van der Waals surface area contributed by atoms with Crippen LogP contribution in [-0.4, -0.2) is 30.4 Å². The lowest BCUT2D eigenvalue weighted by Gasteiger charge is -2.19. The van der Waals surface area contributed by atoms with Crippen LogP contribution in [0, 0.1) is 11.3 Å². The van der Waals surface area contributed by atoms with Crippen LogP contribution < -0.4 is 5.73 Å². The predicted molar refractivity (Wildman–Crippen MR) is 55.4 cm³/mol. The monoisotopic (exact) mass is 197 g/mol. The normalized spacial score (nSPS) is 10.1. The highest BCUT2D eigenvalue weighted by Crippen LogP contribution is 1.98. The van der Waals surface area contributed by atoms with Gasteiger partial charge in [0.25, 0.3) is 0 Å². The molecule has 0 aromatic carbocycles. The van der Waals surface area contributed by atoms with Gasteiger partial charge >= 0.3 is 0 Å². The number of carbonyl (C=O) groups is 1. The summed E-state index contributed by atoms with van der Waals surface area (Å²) in [5.41, 5.74) is 5.07. The van der Waals surface area contributed by atoms with Crippen molar-refractivity contribution in [3.8, 4) is 6.07 Å². The maximum atomic E-state index is 10.6. The molecule has 80 valence electrons. The van der Waals surface area contributed by atoms with Gasteiger partial charge in [0.05, 0.1) is 6.07 Å². The van der Waals surface area contributed by atoms with Crippen molar-refractivity contribution in [1.82, 2.24) is 4.90 Å². The van der Waals surface area contributed by atoms with E-state index in [9.17, 15) is 4.79 Å². The van der Waals surface area contributed by atoms with Gasteiger partial charge in [-0.1, -0.05) is 13.3 Å². The van der Waals surface area contributed by atoms with Crippen molar-refractivity contribution in [3.63, 3.8) is 0 Å². The second-order valence-electron chi connectivity index (χ2n) is 3.32. The Bertz CT molecular complexity index is 198. The van der Waals surface area contributed by atoms with Gasteiger partial charge in [0.15, 0.2) is 0 Å². The molecule has 14 heavy (non-hydrogen) atoms. The summed E-state index contributed by atoms with van der Waals surface area (Å²) in [6.07, 6.45) is 3.13. The number of hydrogen-bond donors (Lipinski definition) is 1.